The lowest BCUT2D eigenvalue weighted by Gasteiger charge is -2.16. The number of benzene rings is 2. The molecule has 0 saturated carbocycles. The van der Waals surface area contributed by atoms with Crippen LogP contribution in [0.3, 0.4) is 0 Å². The molecule has 0 aromatic heterocycles. The second-order valence-electron chi connectivity index (χ2n) is 5.79. The molecule has 0 radical (unpaired) electrons. The largest absolute Gasteiger partial charge is 0.496 e. The van der Waals surface area contributed by atoms with Crippen LogP contribution in [0.25, 0.3) is 11.1 Å². The first-order valence-corrected chi connectivity index (χ1v) is 9.03. The van der Waals surface area contributed by atoms with Gasteiger partial charge in [-0.05, 0) is 54.3 Å². The molecule has 122 valence electrons. The maximum atomic E-state index is 15.2. The Bertz CT molecular complexity index is 683. The van der Waals surface area contributed by atoms with Gasteiger partial charge >= 0.3 is 0 Å². The van der Waals surface area contributed by atoms with Crippen LogP contribution in [-0.2, 0) is 6.42 Å². The van der Waals surface area contributed by atoms with E-state index >= 15 is 4.39 Å². The van der Waals surface area contributed by atoms with E-state index in [0.29, 0.717) is 16.6 Å². The molecular formula is C19H22FNOS. The molecule has 1 fully saturated rings. The summed E-state index contributed by atoms with van der Waals surface area (Å²) in [5.41, 5.74) is 3.15. The molecule has 1 unspecified atom stereocenters. The van der Waals surface area contributed by atoms with Crippen LogP contribution in [0.2, 0.25) is 0 Å². The number of hydrogen-bond acceptors (Lipinski definition) is 3. The predicted octanol–water partition coefficient (Wildman–Crippen LogP) is 4.98. The number of rotatable bonds is 5. The summed E-state index contributed by atoms with van der Waals surface area (Å²) in [4.78, 5) is 0. The molecule has 0 spiro atoms. The van der Waals surface area contributed by atoms with Gasteiger partial charge in [0.1, 0.15) is 11.6 Å². The standard InChI is InChI=1S/C19H22FNOS/c1-21-15-6-3-5-13(11-15)18-17(22-2)9-8-14(19(18)20)12-16-7-4-10-23-16/h3,5-6,8-9,11,16,21H,4,7,10,12H2,1-2H3. The fourth-order valence-electron chi connectivity index (χ4n) is 3.08. The van der Waals surface area contributed by atoms with Gasteiger partial charge in [0, 0.05) is 18.0 Å². The minimum Gasteiger partial charge on any atom is -0.496 e. The maximum absolute atomic E-state index is 15.2. The van der Waals surface area contributed by atoms with Gasteiger partial charge in [-0.3, -0.25) is 0 Å². The van der Waals surface area contributed by atoms with E-state index in [2.05, 4.69) is 5.32 Å². The minimum atomic E-state index is -0.148. The van der Waals surface area contributed by atoms with Crippen molar-refractivity contribution in [1.82, 2.24) is 0 Å². The third-order valence-corrected chi connectivity index (χ3v) is 5.71. The van der Waals surface area contributed by atoms with Gasteiger partial charge in [0.15, 0.2) is 0 Å². The fourth-order valence-corrected chi connectivity index (χ4v) is 4.38. The zero-order chi connectivity index (χ0) is 16.2. The van der Waals surface area contributed by atoms with E-state index in [1.807, 2.05) is 55.2 Å². The summed E-state index contributed by atoms with van der Waals surface area (Å²) in [6.07, 6.45) is 3.21. The lowest BCUT2D eigenvalue weighted by Crippen LogP contribution is -2.06. The molecule has 2 nitrogen and oxygen atoms in total. The predicted molar refractivity (Wildman–Crippen MR) is 97.1 cm³/mol. The Labute approximate surface area is 141 Å². The Morgan fingerprint density at radius 2 is 2.17 bits per heavy atom. The van der Waals surface area contributed by atoms with E-state index in [1.165, 1.54) is 18.6 Å². The molecule has 2 aromatic carbocycles. The number of halogens is 1. The molecule has 0 bridgehead atoms. The van der Waals surface area contributed by atoms with Crippen molar-refractivity contribution in [2.24, 2.45) is 0 Å². The van der Waals surface area contributed by atoms with Crippen molar-refractivity contribution in [2.75, 3.05) is 25.2 Å². The van der Waals surface area contributed by atoms with Crippen molar-refractivity contribution in [2.45, 2.75) is 24.5 Å². The molecule has 1 aliphatic rings. The molecule has 1 N–H and O–H groups in total. The summed E-state index contributed by atoms with van der Waals surface area (Å²) in [6, 6.07) is 11.5. The summed E-state index contributed by atoms with van der Waals surface area (Å²) in [5.74, 6) is 1.63. The van der Waals surface area contributed by atoms with Gasteiger partial charge in [-0.1, -0.05) is 18.2 Å². The summed E-state index contributed by atoms with van der Waals surface area (Å²) < 4.78 is 20.6. The van der Waals surface area contributed by atoms with Crippen LogP contribution in [0.15, 0.2) is 36.4 Å². The molecule has 4 heteroatoms. The van der Waals surface area contributed by atoms with Crippen LogP contribution < -0.4 is 10.1 Å². The lowest BCUT2D eigenvalue weighted by atomic mass is 9.97. The third kappa shape index (κ3) is 3.47. The highest BCUT2D eigenvalue weighted by molar-refractivity contribution is 8.00. The van der Waals surface area contributed by atoms with Crippen molar-refractivity contribution in [3.05, 3.63) is 47.8 Å². The average Bonchev–Trinajstić information content (AvgIpc) is 3.09. The van der Waals surface area contributed by atoms with Gasteiger partial charge in [0.05, 0.1) is 12.7 Å². The molecule has 1 aliphatic heterocycles. The number of ether oxygens (including phenoxy) is 1. The van der Waals surface area contributed by atoms with E-state index in [9.17, 15) is 0 Å². The van der Waals surface area contributed by atoms with E-state index in [4.69, 9.17) is 4.74 Å². The van der Waals surface area contributed by atoms with Gasteiger partial charge in [-0.25, -0.2) is 4.39 Å². The molecule has 3 rings (SSSR count). The molecule has 0 amide bonds. The van der Waals surface area contributed by atoms with Crippen molar-refractivity contribution < 1.29 is 9.13 Å². The lowest BCUT2D eigenvalue weighted by molar-refractivity contribution is 0.413. The van der Waals surface area contributed by atoms with Crippen molar-refractivity contribution in [3.63, 3.8) is 0 Å². The first-order valence-electron chi connectivity index (χ1n) is 7.98. The number of nitrogens with one attached hydrogen (secondary N) is 1. The fraction of sp³-hybridized carbons (Fsp3) is 0.368. The maximum Gasteiger partial charge on any atom is 0.137 e. The minimum absolute atomic E-state index is 0.148. The van der Waals surface area contributed by atoms with Gasteiger partial charge in [0.2, 0.25) is 0 Å². The third-order valence-electron chi connectivity index (χ3n) is 4.32. The highest BCUT2D eigenvalue weighted by Crippen LogP contribution is 2.37. The number of thioether (sulfide) groups is 1. The average molecular weight is 331 g/mol. The van der Waals surface area contributed by atoms with Crippen LogP contribution in [-0.4, -0.2) is 25.2 Å². The zero-order valence-corrected chi connectivity index (χ0v) is 14.4. The number of methoxy groups -OCH3 is 1. The molecular weight excluding hydrogens is 309 g/mol. The smallest absolute Gasteiger partial charge is 0.137 e. The van der Waals surface area contributed by atoms with Crippen LogP contribution in [0.5, 0.6) is 5.75 Å². The highest BCUT2D eigenvalue weighted by atomic mass is 32.2. The second kappa shape index (κ2) is 7.26. The Balaban J connectivity index is 2.02. The van der Waals surface area contributed by atoms with Crippen LogP contribution in [0.1, 0.15) is 18.4 Å². The van der Waals surface area contributed by atoms with Gasteiger partial charge in [0.25, 0.3) is 0 Å². The van der Waals surface area contributed by atoms with Crippen LogP contribution in [0.4, 0.5) is 10.1 Å². The highest BCUT2D eigenvalue weighted by Gasteiger charge is 2.21. The topological polar surface area (TPSA) is 21.3 Å². The Kier molecular flexibility index (Phi) is 5.11. The van der Waals surface area contributed by atoms with Crippen molar-refractivity contribution in [3.8, 4) is 16.9 Å². The molecule has 1 atom stereocenters. The van der Waals surface area contributed by atoms with Crippen molar-refractivity contribution in [1.29, 1.82) is 0 Å². The van der Waals surface area contributed by atoms with Gasteiger partial charge < -0.3 is 10.1 Å². The molecule has 2 aromatic rings. The Morgan fingerprint density at radius 3 is 2.87 bits per heavy atom. The molecule has 0 aliphatic carbocycles. The second-order valence-corrected chi connectivity index (χ2v) is 7.19. The number of hydrogen-bond donors (Lipinski definition) is 1. The van der Waals surface area contributed by atoms with Crippen LogP contribution >= 0.6 is 11.8 Å². The first kappa shape index (κ1) is 16.2. The zero-order valence-electron chi connectivity index (χ0n) is 13.6. The Hall–Kier alpha value is -1.68. The number of anilines is 1. The van der Waals surface area contributed by atoms with E-state index < -0.39 is 0 Å². The summed E-state index contributed by atoms with van der Waals surface area (Å²) in [6.45, 7) is 0. The summed E-state index contributed by atoms with van der Waals surface area (Å²) in [7, 11) is 3.45. The summed E-state index contributed by atoms with van der Waals surface area (Å²) in [5, 5.41) is 3.64. The van der Waals surface area contributed by atoms with Gasteiger partial charge in [-0.15, -0.1) is 0 Å². The first-order chi connectivity index (χ1) is 11.2. The van der Waals surface area contributed by atoms with E-state index in [0.717, 1.165) is 23.2 Å². The van der Waals surface area contributed by atoms with Gasteiger partial charge in [-0.2, -0.15) is 11.8 Å². The molecule has 23 heavy (non-hydrogen) atoms. The monoisotopic (exact) mass is 331 g/mol. The Morgan fingerprint density at radius 1 is 1.30 bits per heavy atom. The SMILES string of the molecule is CNc1cccc(-c2c(OC)ccc(CC3CCCS3)c2F)c1. The van der Waals surface area contributed by atoms with E-state index in [1.54, 1.807) is 7.11 Å². The normalized spacial score (nSPS) is 17.3. The molecule has 1 saturated heterocycles. The van der Waals surface area contributed by atoms with Crippen molar-refractivity contribution >= 4 is 17.4 Å². The quantitative estimate of drug-likeness (QED) is 0.835. The molecule has 1 heterocycles. The summed E-state index contributed by atoms with van der Waals surface area (Å²) >= 11 is 1.96. The van der Waals surface area contributed by atoms with E-state index in [-0.39, 0.29) is 5.82 Å². The van der Waals surface area contributed by atoms with Crippen LogP contribution in [0, 0.1) is 5.82 Å².